The highest BCUT2D eigenvalue weighted by molar-refractivity contribution is 6.73. The van der Waals surface area contributed by atoms with Crippen LogP contribution in [0.1, 0.15) is 80.6 Å². The van der Waals surface area contributed by atoms with Crippen LogP contribution in [0.25, 0.3) is 0 Å². The van der Waals surface area contributed by atoms with E-state index in [0.29, 0.717) is 29.5 Å². The van der Waals surface area contributed by atoms with Gasteiger partial charge in [0.05, 0.1) is 11.7 Å². The number of fused-ring (bicyclic) bond motifs is 1. The van der Waals surface area contributed by atoms with Gasteiger partial charge in [-0.2, -0.15) is 0 Å². The molecule has 2 aliphatic rings. The van der Waals surface area contributed by atoms with E-state index in [2.05, 4.69) is 48.5 Å². The Balaban J connectivity index is 1.86. The van der Waals surface area contributed by atoms with Crippen molar-refractivity contribution in [2.75, 3.05) is 6.61 Å². The van der Waals surface area contributed by atoms with Gasteiger partial charge in [-0.05, 0) is 82.3 Å². The molecule has 2 saturated carbocycles. The average Bonchev–Trinajstić information content (AvgIpc) is 3.09. The van der Waals surface area contributed by atoms with E-state index in [1.165, 1.54) is 18.1 Å². The van der Waals surface area contributed by atoms with E-state index in [9.17, 15) is 4.79 Å². The summed E-state index contributed by atoms with van der Waals surface area (Å²) in [6.07, 6.45) is 5.30. The number of hydrogen-bond acceptors (Lipinski definition) is 3. The van der Waals surface area contributed by atoms with Gasteiger partial charge in [0.15, 0.2) is 8.32 Å². The molecule has 5 unspecified atom stereocenters. The van der Waals surface area contributed by atoms with E-state index in [-0.39, 0.29) is 11.7 Å². The highest BCUT2D eigenvalue weighted by Crippen LogP contribution is 2.49. The van der Waals surface area contributed by atoms with Crippen molar-refractivity contribution in [2.45, 2.75) is 110 Å². The van der Waals surface area contributed by atoms with Gasteiger partial charge in [-0.25, -0.2) is 0 Å². The first kappa shape index (κ1) is 23.1. The lowest BCUT2D eigenvalue weighted by Gasteiger charge is -2.39. The minimum Gasteiger partial charge on any atom is -0.412 e. The van der Waals surface area contributed by atoms with Gasteiger partial charge in [-0.3, -0.25) is 4.79 Å². The summed E-state index contributed by atoms with van der Waals surface area (Å²) in [5.74, 6) is 2.59. The van der Waals surface area contributed by atoms with Crippen molar-refractivity contribution < 1.29 is 14.0 Å². The Kier molecular flexibility index (Phi) is 8.16. The van der Waals surface area contributed by atoms with Crippen molar-refractivity contribution in [3.05, 3.63) is 0 Å². The first-order valence-corrected chi connectivity index (χ1v) is 14.1. The maximum atomic E-state index is 12.3. The molecule has 3 nitrogen and oxygen atoms in total. The zero-order valence-electron chi connectivity index (χ0n) is 19.0. The Labute approximate surface area is 169 Å². The van der Waals surface area contributed by atoms with Crippen molar-refractivity contribution in [2.24, 2.45) is 23.7 Å². The molecular formula is C23H44O3Si. The summed E-state index contributed by atoms with van der Waals surface area (Å²) >= 11 is 0. The van der Waals surface area contributed by atoms with Crippen LogP contribution in [0.3, 0.4) is 0 Å². The SMILES string of the molecule is CC[Si](CC)(CC)OC(C)(C)CCOC(C)C1CCC2C(=O)CCC(C)C21. The van der Waals surface area contributed by atoms with Gasteiger partial charge in [0.25, 0.3) is 0 Å². The fourth-order valence-corrected chi connectivity index (χ4v) is 8.97. The van der Waals surface area contributed by atoms with Gasteiger partial charge in [-0.15, -0.1) is 0 Å². The standard InChI is InChI=1S/C23H44O3Si/c1-8-27(9-2,10-3)26-23(6,7)15-16-25-18(5)19-12-13-20-21(24)14-11-17(4)22(19)20/h17-20,22H,8-16H2,1-7H3. The highest BCUT2D eigenvalue weighted by atomic mass is 28.4. The van der Waals surface area contributed by atoms with E-state index in [1.807, 2.05) is 0 Å². The number of Topliss-reactive ketones (excluding diaryl/α,β-unsaturated/α-hetero) is 1. The van der Waals surface area contributed by atoms with Crippen molar-refractivity contribution in [3.63, 3.8) is 0 Å². The van der Waals surface area contributed by atoms with Gasteiger partial charge >= 0.3 is 0 Å². The van der Waals surface area contributed by atoms with Crippen LogP contribution in [0, 0.1) is 23.7 Å². The Hall–Kier alpha value is -0.193. The summed E-state index contributed by atoms with van der Waals surface area (Å²) in [5, 5.41) is 0. The summed E-state index contributed by atoms with van der Waals surface area (Å²) in [5.41, 5.74) is -0.111. The first-order valence-electron chi connectivity index (χ1n) is 11.5. The van der Waals surface area contributed by atoms with Crippen LogP contribution >= 0.6 is 0 Å². The van der Waals surface area contributed by atoms with Crippen LogP contribution in [0.2, 0.25) is 18.1 Å². The zero-order valence-corrected chi connectivity index (χ0v) is 20.0. The number of carbonyl (C=O) groups is 1. The molecular weight excluding hydrogens is 352 g/mol. The average molecular weight is 397 g/mol. The van der Waals surface area contributed by atoms with Crippen molar-refractivity contribution >= 4 is 14.1 Å². The van der Waals surface area contributed by atoms with Crippen LogP contribution in [-0.4, -0.2) is 32.4 Å². The van der Waals surface area contributed by atoms with E-state index < -0.39 is 8.32 Å². The second kappa shape index (κ2) is 9.54. The number of carbonyl (C=O) groups excluding carboxylic acids is 1. The number of hydrogen-bond donors (Lipinski definition) is 0. The van der Waals surface area contributed by atoms with E-state index in [1.54, 1.807) is 0 Å². The molecule has 0 N–H and O–H groups in total. The van der Waals surface area contributed by atoms with Crippen molar-refractivity contribution in [3.8, 4) is 0 Å². The second-order valence-corrected chi connectivity index (χ2v) is 14.5. The maximum absolute atomic E-state index is 12.3. The van der Waals surface area contributed by atoms with Gasteiger partial charge in [0.1, 0.15) is 5.78 Å². The number of ether oxygens (including phenoxy) is 1. The predicted molar refractivity (Wildman–Crippen MR) is 116 cm³/mol. The molecule has 158 valence electrons. The lowest BCUT2D eigenvalue weighted by atomic mass is 9.70. The third kappa shape index (κ3) is 5.45. The minimum absolute atomic E-state index is 0.111. The fourth-order valence-electron chi connectivity index (χ4n) is 5.76. The normalized spacial score (nSPS) is 30.4. The summed E-state index contributed by atoms with van der Waals surface area (Å²) in [4.78, 5) is 12.3. The Bertz CT molecular complexity index is 478. The highest BCUT2D eigenvalue weighted by Gasteiger charge is 2.47. The smallest absolute Gasteiger partial charge is 0.192 e. The van der Waals surface area contributed by atoms with E-state index in [0.717, 1.165) is 38.7 Å². The largest absolute Gasteiger partial charge is 0.412 e. The summed E-state index contributed by atoms with van der Waals surface area (Å²) in [7, 11) is -1.59. The van der Waals surface area contributed by atoms with E-state index >= 15 is 0 Å². The van der Waals surface area contributed by atoms with Gasteiger partial charge in [-0.1, -0.05) is 27.7 Å². The lowest BCUT2D eigenvalue weighted by molar-refractivity contribution is -0.128. The topological polar surface area (TPSA) is 35.5 Å². The van der Waals surface area contributed by atoms with Crippen LogP contribution < -0.4 is 0 Å². The summed E-state index contributed by atoms with van der Waals surface area (Å²) < 4.78 is 13.0. The molecule has 2 rings (SSSR count). The minimum atomic E-state index is -1.59. The molecule has 0 bridgehead atoms. The van der Waals surface area contributed by atoms with Crippen LogP contribution in [0.5, 0.6) is 0 Å². The molecule has 0 spiro atoms. The fraction of sp³-hybridized carbons (Fsp3) is 0.957. The van der Waals surface area contributed by atoms with Crippen LogP contribution in [0.15, 0.2) is 0 Å². The summed E-state index contributed by atoms with van der Waals surface area (Å²) in [6.45, 7) is 16.7. The molecule has 4 heteroatoms. The molecule has 0 saturated heterocycles. The zero-order chi connectivity index (χ0) is 20.2. The van der Waals surface area contributed by atoms with Crippen molar-refractivity contribution in [1.82, 2.24) is 0 Å². The molecule has 27 heavy (non-hydrogen) atoms. The molecule has 0 amide bonds. The number of rotatable bonds is 10. The third-order valence-corrected chi connectivity index (χ3v) is 12.7. The number of ketones is 1. The lowest BCUT2D eigenvalue weighted by Crippen LogP contribution is -2.45. The molecule has 0 radical (unpaired) electrons. The molecule has 0 heterocycles. The molecule has 2 fully saturated rings. The van der Waals surface area contributed by atoms with Crippen LogP contribution in [-0.2, 0) is 14.0 Å². The van der Waals surface area contributed by atoms with Gasteiger partial charge < -0.3 is 9.16 Å². The second-order valence-electron chi connectivity index (χ2n) is 9.84. The molecule has 2 aliphatic carbocycles. The monoisotopic (exact) mass is 396 g/mol. The van der Waals surface area contributed by atoms with E-state index in [4.69, 9.17) is 9.16 Å². The predicted octanol–water partition coefficient (Wildman–Crippen LogP) is 6.22. The maximum Gasteiger partial charge on any atom is 0.192 e. The quantitative estimate of drug-likeness (QED) is 0.411. The molecule has 5 atom stereocenters. The first-order chi connectivity index (χ1) is 12.7. The Morgan fingerprint density at radius 3 is 2.33 bits per heavy atom. The molecule has 0 aromatic rings. The molecule has 0 aliphatic heterocycles. The third-order valence-electron chi connectivity index (χ3n) is 7.80. The Morgan fingerprint density at radius 2 is 1.74 bits per heavy atom. The van der Waals surface area contributed by atoms with Crippen molar-refractivity contribution in [1.29, 1.82) is 0 Å². The summed E-state index contributed by atoms with van der Waals surface area (Å²) in [6, 6.07) is 3.58. The van der Waals surface area contributed by atoms with Gasteiger partial charge in [0, 0.05) is 18.9 Å². The molecule has 0 aromatic heterocycles. The molecule has 0 aromatic carbocycles. The Morgan fingerprint density at radius 1 is 1.11 bits per heavy atom. The van der Waals surface area contributed by atoms with Gasteiger partial charge in [0.2, 0.25) is 0 Å². The van der Waals surface area contributed by atoms with Crippen LogP contribution in [0.4, 0.5) is 0 Å².